The van der Waals surface area contributed by atoms with Crippen LogP contribution < -0.4 is 4.74 Å². The molecule has 0 radical (unpaired) electrons. The van der Waals surface area contributed by atoms with E-state index in [1.807, 2.05) is 0 Å². The molecule has 0 saturated carbocycles. The van der Waals surface area contributed by atoms with E-state index in [9.17, 15) is 0 Å². The maximum absolute atomic E-state index is 9.10. The predicted molar refractivity (Wildman–Crippen MR) is 54.6 cm³/mol. The van der Waals surface area contributed by atoms with Crippen molar-refractivity contribution in [2.75, 3.05) is 0 Å². The highest BCUT2D eigenvalue weighted by atomic mass is 16.5. The fraction of sp³-hybridized carbons (Fsp3) is 0.167. The summed E-state index contributed by atoms with van der Waals surface area (Å²) in [4.78, 5) is 0. The van der Waals surface area contributed by atoms with E-state index in [2.05, 4.69) is 17.9 Å². The van der Waals surface area contributed by atoms with Crippen molar-refractivity contribution in [1.82, 2.24) is 0 Å². The van der Waals surface area contributed by atoms with Gasteiger partial charge in [-0.15, -0.1) is 12.3 Å². The first kappa shape index (κ1) is 10.0. The molecule has 0 atom stereocenters. The zero-order chi connectivity index (χ0) is 10.2. The molecule has 1 aromatic carbocycles. The molecule has 0 amide bonds. The lowest BCUT2D eigenvalue weighted by Crippen LogP contribution is -1.81. The van der Waals surface area contributed by atoms with E-state index in [4.69, 9.17) is 16.3 Å². The van der Waals surface area contributed by atoms with Crippen LogP contribution in [0.15, 0.2) is 24.3 Å². The van der Waals surface area contributed by atoms with Crippen molar-refractivity contribution in [3.05, 3.63) is 24.3 Å². The summed E-state index contributed by atoms with van der Waals surface area (Å²) in [6, 6.07) is 6.47. The largest absolute Gasteiger partial charge is 0.508 e. The van der Waals surface area contributed by atoms with Crippen LogP contribution in [-0.2, 0) is 0 Å². The van der Waals surface area contributed by atoms with Crippen molar-refractivity contribution in [2.45, 2.75) is 12.8 Å². The van der Waals surface area contributed by atoms with Crippen LogP contribution in [0, 0.1) is 24.4 Å². The Bertz CT molecular complexity index is 391. The molecule has 0 fully saturated rings. The number of ether oxygens (including phenoxy) is 1. The van der Waals surface area contributed by atoms with Crippen LogP contribution in [0.25, 0.3) is 0 Å². The summed E-state index contributed by atoms with van der Waals surface area (Å²) in [7, 11) is 0. The van der Waals surface area contributed by atoms with Crippen LogP contribution in [0.1, 0.15) is 12.8 Å². The van der Waals surface area contributed by atoms with Crippen LogP contribution in [0.2, 0.25) is 0 Å². The van der Waals surface area contributed by atoms with Gasteiger partial charge in [-0.3, -0.25) is 0 Å². The van der Waals surface area contributed by atoms with Crippen LogP contribution >= 0.6 is 0 Å². The zero-order valence-corrected chi connectivity index (χ0v) is 7.66. The van der Waals surface area contributed by atoms with Crippen LogP contribution in [0.3, 0.4) is 0 Å². The molecule has 0 saturated heterocycles. The molecule has 0 unspecified atom stereocenters. The molecule has 2 nitrogen and oxygen atoms in total. The predicted octanol–water partition coefficient (Wildman–Crippen LogP) is 2.15. The number of phenolic OH excluding ortho intramolecular Hbond substituents is 1. The van der Waals surface area contributed by atoms with Gasteiger partial charge in [0.05, 0.1) is 0 Å². The van der Waals surface area contributed by atoms with Gasteiger partial charge >= 0.3 is 0 Å². The lowest BCUT2D eigenvalue weighted by atomic mass is 10.3. The molecule has 1 rings (SSSR count). The van der Waals surface area contributed by atoms with Gasteiger partial charge in [-0.05, 0) is 12.1 Å². The van der Waals surface area contributed by atoms with E-state index in [1.165, 1.54) is 6.07 Å². The second kappa shape index (κ2) is 5.56. The fourth-order valence-electron chi connectivity index (χ4n) is 0.828. The number of hydrogen-bond acceptors (Lipinski definition) is 2. The molecular formula is C12H10O2. The van der Waals surface area contributed by atoms with Gasteiger partial charge in [-0.1, -0.05) is 12.0 Å². The standard InChI is InChI=1S/C12H10O2/c1-2-3-4-5-9-14-12-8-6-7-11(13)10-12/h1,6-8,10,13H,3-4H2. The summed E-state index contributed by atoms with van der Waals surface area (Å²) in [5, 5.41) is 9.10. The van der Waals surface area contributed by atoms with E-state index in [0.717, 1.165) is 0 Å². The molecule has 0 aliphatic rings. The minimum absolute atomic E-state index is 0.160. The third-order valence-corrected chi connectivity index (χ3v) is 1.45. The average molecular weight is 186 g/mol. The number of unbranched alkanes of at least 4 members (excludes halogenated alkanes) is 1. The zero-order valence-electron chi connectivity index (χ0n) is 7.66. The minimum Gasteiger partial charge on any atom is -0.508 e. The van der Waals surface area contributed by atoms with Crippen LogP contribution in [0.4, 0.5) is 0 Å². The Labute approximate surface area is 83.5 Å². The fourth-order valence-corrected chi connectivity index (χ4v) is 0.828. The van der Waals surface area contributed by atoms with Crippen molar-refractivity contribution >= 4 is 0 Å². The van der Waals surface area contributed by atoms with Crippen molar-refractivity contribution in [1.29, 1.82) is 0 Å². The monoisotopic (exact) mass is 186 g/mol. The van der Waals surface area contributed by atoms with Gasteiger partial charge in [0, 0.05) is 18.9 Å². The maximum Gasteiger partial charge on any atom is 0.143 e. The number of terminal acetylenes is 1. The second-order valence-electron chi connectivity index (χ2n) is 2.58. The molecule has 14 heavy (non-hydrogen) atoms. The smallest absolute Gasteiger partial charge is 0.143 e. The van der Waals surface area contributed by atoms with Gasteiger partial charge < -0.3 is 9.84 Å². The SMILES string of the molecule is C#CCCC#COc1cccc(O)c1. The molecule has 0 aromatic heterocycles. The molecular weight excluding hydrogens is 176 g/mol. The molecule has 0 spiro atoms. The topological polar surface area (TPSA) is 29.5 Å². The summed E-state index contributed by atoms with van der Waals surface area (Å²) in [5.74, 6) is 5.92. The van der Waals surface area contributed by atoms with E-state index in [-0.39, 0.29) is 5.75 Å². The molecule has 0 aliphatic carbocycles. The Morgan fingerprint density at radius 2 is 2.21 bits per heavy atom. The summed E-state index contributed by atoms with van der Waals surface area (Å²) in [6.07, 6.45) is 8.80. The van der Waals surface area contributed by atoms with E-state index in [0.29, 0.717) is 18.6 Å². The molecule has 1 aromatic rings. The normalized spacial score (nSPS) is 8.21. The number of rotatable bonds is 2. The minimum atomic E-state index is 0.160. The van der Waals surface area contributed by atoms with Gasteiger partial charge in [0.1, 0.15) is 17.6 Å². The number of phenols is 1. The molecule has 2 heteroatoms. The molecule has 0 heterocycles. The summed E-state index contributed by atoms with van der Waals surface area (Å²) in [6.45, 7) is 0. The third-order valence-electron chi connectivity index (χ3n) is 1.45. The summed E-state index contributed by atoms with van der Waals surface area (Å²) < 4.78 is 5.04. The summed E-state index contributed by atoms with van der Waals surface area (Å²) in [5.41, 5.74) is 0. The molecule has 70 valence electrons. The second-order valence-corrected chi connectivity index (χ2v) is 2.58. The Kier molecular flexibility index (Phi) is 3.98. The number of benzene rings is 1. The van der Waals surface area contributed by atoms with E-state index >= 15 is 0 Å². The average Bonchev–Trinajstić information content (AvgIpc) is 2.18. The lowest BCUT2D eigenvalue weighted by molar-refractivity contribution is 0.464. The van der Waals surface area contributed by atoms with E-state index < -0.39 is 0 Å². The molecule has 0 bridgehead atoms. The summed E-state index contributed by atoms with van der Waals surface area (Å²) >= 11 is 0. The highest BCUT2D eigenvalue weighted by Crippen LogP contribution is 2.16. The van der Waals surface area contributed by atoms with Crippen LogP contribution in [-0.4, -0.2) is 5.11 Å². The van der Waals surface area contributed by atoms with Crippen molar-refractivity contribution in [3.8, 4) is 35.9 Å². The number of hydrogen-bond donors (Lipinski definition) is 1. The van der Waals surface area contributed by atoms with Gasteiger partial charge in [0.15, 0.2) is 0 Å². The Morgan fingerprint density at radius 3 is 2.93 bits per heavy atom. The van der Waals surface area contributed by atoms with Crippen molar-refractivity contribution in [3.63, 3.8) is 0 Å². The third kappa shape index (κ3) is 3.56. The Balaban J connectivity index is 2.44. The Hall–Kier alpha value is -2.06. The first-order valence-electron chi connectivity index (χ1n) is 4.20. The first-order chi connectivity index (χ1) is 6.83. The van der Waals surface area contributed by atoms with Crippen molar-refractivity contribution < 1.29 is 9.84 Å². The van der Waals surface area contributed by atoms with Gasteiger partial charge in [-0.2, -0.15) is 0 Å². The lowest BCUT2D eigenvalue weighted by Gasteiger charge is -1.96. The van der Waals surface area contributed by atoms with Gasteiger partial charge in [0.2, 0.25) is 0 Å². The van der Waals surface area contributed by atoms with Gasteiger partial charge in [-0.25, -0.2) is 0 Å². The highest BCUT2D eigenvalue weighted by molar-refractivity contribution is 5.32. The quantitative estimate of drug-likeness (QED) is 0.566. The Morgan fingerprint density at radius 1 is 1.36 bits per heavy atom. The van der Waals surface area contributed by atoms with Crippen LogP contribution in [0.5, 0.6) is 11.5 Å². The molecule has 0 aliphatic heterocycles. The highest BCUT2D eigenvalue weighted by Gasteiger charge is 1.91. The number of aromatic hydroxyl groups is 1. The first-order valence-corrected chi connectivity index (χ1v) is 4.20. The maximum atomic E-state index is 9.10. The molecule has 1 N–H and O–H groups in total. The van der Waals surface area contributed by atoms with E-state index in [1.54, 1.807) is 18.2 Å². The van der Waals surface area contributed by atoms with Crippen molar-refractivity contribution in [2.24, 2.45) is 0 Å². The van der Waals surface area contributed by atoms with Gasteiger partial charge in [0.25, 0.3) is 0 Å².